The fraction of sp³-hybridized carbons (Fsp3) is 0.0588. The van der Waals surface area contributed by atoms with Crippen molar-refractivity contribution in [2.45, 2.75) is 0 Å². The lowest BCUT2D eigenvalue weighted by Gasteiger charge is -2.08. The monoisotopic (exact) mass is 300 g/mol. The van der Waals surface area contributed by atoms with Crippen LogP contribution in [0.25, 0.3) is 27.8 Å². The van der Waals surface area contributed by atoms with Gasteiger partial charge in [-0.25, -0.2) is 4.52 Å². The maximum Gasteiger partial charge on any atom is 0.103 e. The second kappa shape index (κ2) is 5.07. The Balaban J connectivity index is 2.05. The Hall–Kier alpha value is -3.46. The van der Waals surface area contributed by atoms with E-state index < -0.39 is 0 Å². The SMILES string of the molecule is Cn1cc(-c2cc(-c3cccnc3)c3c(C#N)cnn3c2)cn1. The molecule has 0 aliphatic carbocycles. The summed E-state index contributed by atoms with van der Waals surface area (Å²) in [7, 11) is 1.88. The van der Waals surface area contributed by atoms with Crippen LogP contribution in [0.5, 0.6) is 0 Å². The van der Waals surface area contributed by atoms with Gasteiger partial charge >= 0.3 is 0 Å². The van der Waals surface area contributed by atoms with Gasteiger partial charge in [0.25, 0.3) is 0 Å². The van der Waals surface area contributed by atoms with E-state index in [9.17, 15) is 5.26 Å². The maximum absolute atomic E-state index is 9.35. The molecule has 6 heteroatoms. The van der Waals surface area contributed by atoms with Crippen LogP contribution < -0.4 is 0 Å². The molecule has 0 aromatic carbocycles. The number of nitriles is 1. The van der Waals surface area contributed by atoms with E-state index in [0.29, 0.717) is 5.56 Å². The number of pyridine rings is 2. The third-order valence-electron chi connectivity index (χ3n) is 3.74. The van der Waals surface area contributed by atoms with Gasteiger partial charge in [0.1, 0.15) is 6.07 Å². The lowest BCUT2D eigenvalue weighted by Crippen LogP contribution is -1.93. The van der Waals surface area contributed by atoms with E-state index in [-0.39, 0.29) is 0 Å². The molecule has 23 heavy (non-hydrogen) atoms. The summed E-state index contributed by atoms with van der Waals surface area (Å²) >= 11 is 0. The molecule has 0 aliphatic rings. The average molecular weight is 300 g/mol. The molecule has 0 saturated carbocycles. The van der Waals surface area contributed by atoms with Crippen molar-refractivity contribution in [1.82, 2.24) is 24.4 Å². The van der Waals surface area contributed by atoms with Crippen LogP contribution in [0.1, 0.15) is 5.56 Å². The summed E-state index contributed by atoms with van der Waals surface area (Å²) in [6.45, 7) is 0. The first-order valence-corrected chi connectivity index (χ1v) is 7.07. The van der Waals surface area contributed by atoms with Gasteiger partial charge in [0.15, 0.2) is 0 Å². The Morgan fingerprint density at radius 3 is 2.65 bits per heavy atom. The van der Waals surface area contributed by atoms with E-state index in [1.165, 1.54) is 0 Å². The van der Waals surface area contributed by atoms with Gasteiger partial charge in [-0.3, -0.25) is 9.67 Å². The van der Waals surface area contributed by atoms with E-state index in [1.807, 2.05) is 43.8 Å². The summed E-state index contributed by atoms with van der Waals surface area (Å²) in [5.74, 6) is 0. The molecule has 110 valence electrons. The van der Waals surface area contributed by atoms with Crippen LogP contribution in [-0.2, 0) is 7.05 Å². The summed E-state index contributed by atoms with van der Waals surface area (Å²) in [5, 5.41) is 17.9. The van der Waals surface area contributed by atoms with Crippen molar-refractivity contribution >= 4 is 5.52 Å². The van der Waals surface area contributed by atoms with E-state index in [4.69, 9.17) is 0 Å². The van der Waals surface area contributed by atoms with Crippen molar-refractivity contribution in [3.63, 3.8) is 0 Å². The van der Waals surface area contributed by atoms with Gasteiger partial charge in [0, 0.05) is 54.1 Å². The third-order valence-corrected chi connectivity index (χ3v) is 3.74. The van der Waals surface area contributed by atoms with Crippen LogP contribution in [0.4, 0.5) is 0 Å². The normalized spacial score (nSPS) is 10.8. The Bertz CT molecular complexity index is 1040. The highest BCUT2D eigenvalue weighted by molar-refractivity contribution is 5.87. The minimum Gasteiger partial charge on any atom is -0.275 e. The zero-order valence-electron chi connectivity index (χ0n) is 12.4. The number of nitrogens with zero attached hydrogens (tertiary/aromatic N) is 6. The predicted molar refractivity (Wildman–Crippen MR) is 85.3 cm³/mol. The summed E-state index contributed by atoms with van der Waals surface area (Å²) in [6.07, 6.45) is 10.8. The lowest BCUT2D eigenvalue weighted by atomic mass is 10.0. The Labute approximate surface area is 132 Å². The average Bonchev–Trinajstić information content (AvgIpc) is 3.20. The molecule has 0 aliphatic heterocycles. The number of rotatable bonds is 2. The number of hydrogen-bond acceptors (Lipinski definition) is 4. The smallest absolute Gasteiger partial charge is 0.103 e. The number of aromatic nitrogens is 5. The molecule has 4 rings (SSSR count). The molecule has 0 saturated heterocycles. The first-order chi connectivity index (χ1) is 11.3. The predicted octanol–water partition coefficient (Wildman–Crippen LogP) is 2.67. The second-order valence-electron chi connectivity index (χ2n) is 5.25. The summed E-state index contributed by atoms with van der Waals surface area (Å²) in [4.78, 5) is 4.19. The maximum atomic E-state index is 9.35. The topological polar surface area (TPSA) is 71.8 Å². The molecule has 6 nitrogen and oxygen atoms in total. The molecule has 0 fully saturated rings. The van der Waals surface area contributed by atoms with E-state index >= 15 is 0 Å². The van der Waals surface area contributed by atoms with Crippen molar-refractivity contribution in [3.05, 3.63) is 60.9 Å². The van der Waals surface area contributed by atoms with Crippen LogP contribution in [0.2, 0.25) is 0 Å². The number of aryl methyl sites for hydroxylation is 1. The molecule has 0 spiro atoms. The van der Waals surface area contributed by atoms with Crippen LogP contribution >= 0.6 is 0 Å². The van der Waals surface area contributed by atoms with E-state index in [0.717, 1.165) is 27.8 Å². The quantitative estimate of drug-likeness (QED) is 0.570. The van der Waals surface area contributed by atoms with Crippen LogP contribution in [0, 0.1) is 11.3 Å². The van der Waals surface area contributed by atoms with Crippen molar-refractivity contribution in [2.75, 3.05) is 0 Å². The van der Waals surface area contributed by atoms with Crippen LogP contribution in [0.15, 0.2) is 55.4 Å². The zero-order chi connectivity index (χ0) is 15.8. The highest BCUT2D eigenvalue weighted by atomic mass is 15.2. The molecule has 0 amide bonds. The van der Waals surface area contributed by atoms with Crippen LogP contribution in [0.3, 0.4) is 0 Å². The van der Waals surface area contributed by atoms with Gasteiger partial charge in [-0.15, -0.1) is 0 Å². The second-order valence-corrected chi connectivity index (χ2v) is 5.25. The minimum atomic E-state index is 0.543. The van der Waals surface area contributed by atoms with Crippen LogP contribution in [-0.4, -0.2) is 24.4 Å². The van der Waals surface area contributed by atoms with Crippen molar-refractivity contribution < 1.29 is 0 Å². The molecule has 0 N–H and O–H groups in total. The largest absolute Gasteiger partial charge is 0.275 e. The highest BCUT2D eigenvalue weighted by Gasteiger charge is 2.14. The zero-order valence-corrected chi connectivity index (χ0v) is 12.4. The minimum absolute atomic E-state index is 0.543. The first-order valence-electron chi connectivity index (χ1n) is 7.07. The van der Waals surface area contributed by atoms with Gasteiger partial charge in [0.2, 0.25) is 0 Å². The summed E-state index contributed by atoms with van der Waals surface area (Å²) < 4.78 is 3.50. The third kappa shape index (κ3) is 2.15. The van der Waals surface area contributed by atoms with Crippen molar-refractivity contribution in [3.8, 4) is 28.3 Å². The molecule has 0 radical (unpaired) electrons. The van der Waals surface area contributed by atoms with Gasteiger partial charge in [-0.1, -0.05) is 6.07 Å². The van der Waals surface area contributed by atoms with Crippen molar-refractivity contribution in [2.24, 2.45) is 7.05 Å². The molecule has 4 aromatic rings. The molecular weight excluding hydrogens is 288 g/mol. The van der Waals surface area contributed by atoms with Gasteiger partial charge in [-0.2, -0.15) is 15.5 Å². The Morgan fingerprint density at radius 2 is 1.96 bits per heavy atom. The Morgan fingerprint density at radius 1 is 1.04 bits per heavy atom. The first kappa shape index (κ1) is 13.2. The highest BCUT2D eigenvalue weighted by Crippen LogP contribution is 2.31. The number of fused-ring (bicyclic) bond motifs is 1. The molecule has 4 aromatic heterocycles. The standard InChI is InChI=1S/C17H12N6/c1-22-10-15(9-20-22)13-5-16(12-3-2-4-19-7-12)17-14(6-18)8-21-23(17)11-13/h2-5,7-11H,1H3. The summed E-state index contributed by atoms with van der Waals surface area (Å²) in [6, 6.07) is 8.11. The fourth-order valence-electron chi connectivity index (χ4n) is 2.67. The molecular formula is C17H12N6. The fourth-order valence-corrected chi connectivity index (χ4v) is 2.67. The molecule has 4 heterocycles. The van der Waals surface area contributed by atoms with Crippen molar-refractivity contribution in [1.29, 1.82) is 5.26 Å². The van der Waals surface area contributed by atoms with Gasteiger partial charge in [0.05, 0.1) is 23.5 Å². The number of hydrogen-bond donors (Lipinski definition) is 0. The molecule has 0 atom stereocenters. The van der Waals surface area contributed by atoms with Gasteiger partial charge < -0.3 is 0 Å². The summed E-state index contributed by atoms with van der Waals surface area (Å²) in [5.41, 5.74) is 5.18. The molecule has 0 unspecified atom stereocenters. The van der Waals surface area contributed by atoms with Gasteiger partial charge in [-0.05, 0) is 12.1 Å². The molecule has 0 bridgehead atoms. The Kier molecular flexibility index (Phi) is 2.91. The van der Waals surface area contributed by atoms with E-state index in [1.54, 1.807) is 27.8 Å². The lowest BCUT2D eigenvalue weighted by molar-refractivity contribution is 0.768. The van der Waals surface area contributed by atoms with E-state index in [2.05, 4.69) is 21.3 Å².